The van der Waals surface area contributed by atoms with Gasteiger partial charge in [-0.2, -0.15) is 0 Å². The highest BCUT2D eigenvalue weighted by atomic mass is 35.5. The average molecular weight is 1030 g/mol. The van der Waals surface area contributed by atoms with Crippen LogP contribution in [0.5, 0.6) is 0 Å². The summed E-state index contributed by atoms with van der Waals surface area (Å²) in [5.74, 6) is 0. The molecule has 0 aromatic heterocycles. The van der Waals surface area contributed by atoms with Crippen molar-refractivity contribution in [2.75, 3.05) is 9.80 Å². The summed E-state index contributed by atoms with van der Waals surface area (Å²) in [5, 5.41) is 0.785. The zero-order valence-corrected chi connectivity index (χ0v) is 51.2. The Morgan fingerprint density at radius 3 is 1.13 bits per heavy atom. The zero-order chi connectivity index (χ0) is 54.6. The Hall–Kier alpha value is -4.47. The normalized spacial score (nSPS) is 24.8. The molecule has 0 unspecified atom stereocenters. The lowest BCUT2D eigenvalue weighted by atomic mass is 9.29. The van der Waals surface area contributed by atoms with E-state index >= 15 is 0 Å². The van der Waals surface area contributed by atoms with Gasteiger partial charge in [0.15, 0.2) is 0 Å². The molecule has 4 heteroatoms. The van der Waals surface area contributed by atoms with Gasteiger partial charge in [-0.1, -0.05) is 186 Å². The average Bonchev–Trinajstić information content (AvgIpc) is 3.90. The van der Waals surface area contributed by atoms with E-state index in [1.165, 1.54) is 163 Å². The second kappa shape index (κ2) is 15.0. The molecule has 0 amide bonds. The number of fused-ring (bicyclic) bond motifs is 10. The summed E-state index contributed by atoms with van der Waals surface area (Å²) >= 11 is 7.86. The monoisotopic (exact) mass is 1030 g/mol. The summed E-state index contributed by atoms with van der Waals surface area (Å²) in [4.78, 5) is 5.50. The van der Waals surface area contributed by atoms with Gasteiger partial charge < -0.3 is 9.80 Å². The van der Waals surface area contributed by atoms with E-state index in [1.54, 1.807) is 5.56 Å². The Bertz CT molecular complexity index is 3520. The Labute approximate surface area is 464 Å². The Kier molecular flexibility index (Phi) is 10.1. The third-order valence-corrected chi connectivity index (χ3v) is 23.0. The summed E-state index contributed by atoms with van der Waals surface area (Å²) in [6.07, 6.45) is 9.45. The molecule has 0 radical (unpaired) electrons. The zero-order valence-electron chi connectivity index (χ0n) is 50.4. The van der Waals surface area contributed by atoms with E-state index in [4.69, 9.17) is 11.6 Å². The van der Waals surface area contributed by atoms with Crippen LogP contribution in [0.4, 0.5) is 22.7 Å². The van der Waals surface area contributed by atoms with E-state index in [-0.39, 0.29) is 60.9 Å². The first kappa shape index (κ1) is 51.0. The van der Waals surface area contributed by atoms with Gasteiger partial charge in [-0.3, -0.25) is 0 Å². The van der Waals surface area contributed by atoms with Gasteiger partial charge in [0.1, 0.15) is 0 Å². The molecule has 8 aliphatic rings. The highest BCUT2D eigenvalue weighted by Gasteiger charge is 2.59. The molecular weight excluding hydrogens is 939 g/mol. The molecule has 5 aromatic carbocycles. The second-order valence-electron chi connectivity index (χ2n) is 32.2. The van der Waals surface area contributed by atoms with Gasteiger partial charge in [-0.25, -0.2) is 0 Å². The summed E-state index contributed by atoms with van der Waals surface area (Å²) in [5.41, 5.74) is 30.0. The largest absolute Gasteiger partial charge is 0.314 e. The van der Waals surface area contributed by atoms with E-state index in [0.717, 1.165) is 5.02 Å². The molecule has 0 spiro atoms. The van der Waals surface area contributed by atoms with Crippen molar-refractivity contribution in [1.82, 2.24) is 0 Å². The molecule has 6 aliphatic carbocycles. The molecular formula is C72H88BClN2. The minimum Gasteiger partial charge on any atom is -0.314 e. The first-order chi connectivity index (χ1) is 35.0. The Morgan fingerprint density at radius 2 is 0.697 bits per heavy atom. The van der Waals surface area contributed by atoms with Gasteiger partial charge in [0, 0.05) is 55.6 Å². The van der Waals surface area contributed by atoms with Gasteiger partial charge >= 0.3 is 0 Å². The molecule has 5 aromatic rings. The molecule has 0 N–H and O–H groups in total. The second-order valence-corrected chi connectivity index (χ2v) is 32.6. The fourth-order valence-electron chi connectivity index (χ4n) is 17.2. The van der Waals surface area contributed by atoms with Crippen molar-refractivity contribution in [3.05, 3.63) is 156 Å². The number of anilines is 4. The first-order valence-electron chi connectivity index (χ1n) is 29.7. The summed E-state index contributed by atoms with van der Waals surface area (Å²) in [7, 11) is 0. The lowest BCUT2D eigenvalue weighted by Crippen LogP contribution is -2.52. The molecule has 76 heavy (non-hydrogen) atoms. The smallest absolute Gasteiger partial charge is 0.249 e. The van der Waals surface area contributed by atoms with Gasteiger partial charge in [-0.05, 0) is 209 Å². The van der Waals surface area contributed by atoms with Crippen molar-refractivity contribution in [2.24, 2.45) is 0 Å². The maximum absolute atomic E-state index is 7.86. The molecule has 2 aliphatic heterocycles. The predicted octanol–water partition coefficient (Wildman–Crippen LogP) is 19.2. The lowest BCUT2D eigenvalue weighted by Gasteiger charge is -2.48. The fraction of sp³-hybridized carbons (Fsp3) is 0.528. The van der Waals surface area contributed by atoms with E-state index in [9.17, 15) is 0 Å². The lowest BCUT2D eigenvalue weighted by molar-refractivity contribution is 0.331. The van der Waals surface area contributed by atoms with Gasteiger partial charge in [0.25, 0.3) is 0 Å². The van der Waals surface area contributed by atoms with Crippen molar-refractivity contribution in [2.45, 2.75) is 244 Å². The molecule has 2 nitrogen and oxygen atoms in total. The molecule has 0 bridgehead atoms. The van der Waals surface area contributed by atoms with Crippen LogP contribution in [0.1, 0.15) is 257 Å². The minimum absolute atomic E-state index is 0.0143. The highest BCUT2D eigenvalue weighted by molar-refractivity contribution is 6.99. The van der Waals surface area contributed by atoms with Crippen molar-refractivity contribution >= 4 is 57.7 Å². The number of nitrogens with zero attached hydrogens (tertiary/aromatic N) is 2. The van der Waals surface area contributed by atoms with Crippen LogP contribution < -0.4 is 15.3 Å². The third-order valence-electron chi connectivity index (χ3n) is 22.7. The first-order valence-corrected chi connectivity index (χ1v) is 30.0. The molecule has 0 saturated carbocycles. The van der Waals surface area contributed by atoms with Crippen molar-refractivity contribution in [3.63, 3.8) is 0 Å². The standard InChI is InChI=1S/C72H88BClN2/c1-63(2)25-27-65(5,6)50-35-42(21-23-46(50)63)75-56-33-41(74)34-57-59(56)73(61-60(75)45-38-53-55(40-49(45)71(61,17)18)70(15,16)32-30-68(53,11)12)58-44-37-52-54(69(13,14)31-29-67(52,9)10)39-48(44)72(19,20)62(58)76(57)43-22-24-47-51(36-43)66(7,8)28-26-64(47,3)4/h21-24,33-40H,25-32H2,1-20H3. The Balaban J connectivity index is 1.19. The third kappa shape index (κ3) is 6.65. The van der Waals surface area contributed by atoms with Crippen LogP contribution >= 0.6 is 11.6 Å². The quantitative estimate of drug-likeness (QED) is 0.163. The summed E-state index contributed by atoms with van der Waals surface area (Å²) in [6.45, 7) is 50.2. The Morgan fingerprint density at radius 1 is 0.355 bits per heavy atom. The molecule has 0 fully saturated rings. The van der Waals surface area contributed by atoms with Crippen LogP contribution in [-0.4, -0.2) is 6.71 Å². The van der Waals surface area contributed by atoms with E-state index in [0.29, 0.717) is 0 Å². The van der Waals surface area contributed by atoms with Crippen molar-refractivity contribution in [1.29, 1.82) is 0 Å². The maximum Gasteiger partial charge on any atom is 0.249 e. The topological polar surface area (TPSA) is 6.48 Å². The van der Waals surface area contributed by atoms with E-state index in [1.807, 2.05) is 0 Å². The molecule has 396 valence electrons. The highest BCUT2D eigenvalue weighted by Crippen LogP contribution is 2.65. The van der Waals surface area contributed by atoms with E-state index < -0.39 is 0 Å². The van der Waals surface area contributed by atoms with E-state index in [2.05, 4.69) is 221 Å². The van der Waals surface area contributed by atoms with Crippen LogP contribution in [-0.2, 0) is 54.1 Å². The van der Waals surface area contributed by atoms with Crippen molar-refractivity contribution in [3.8, 4) is 0 Å². The molecule has 0 saturated heterocycles. The van der Waals surface area contributed by atoms with Gasteiger partial charge in [0.2, 0.25) is 6.71 Å². The number of allylic oxidation sites excluding steroid dienone is 2. The molecule has 13 rings (SSSR count). The fourth-order valence-corrected chi connectivity index (χ4v) is 17.4. The molecule has 2 heterocycles. The number of hydrogen-bond donors (Lipinski definition) is 0. The number of rotatable bonds is 2. The number of hydrogen-bond acceptors (Lipinski definition) is 2. The number of halogens is 1. The van der Waals surface area contributed by atoms with Gasteiger partial charge in [-0.15, -0.1) is 0 Å². The van der Waals surface area contributed by atoms with Crippen LogP contribution in [0.2, 0.25) is 5.02 Å². The summed E-state index contributed by atoms with van der Waals surface area (Å²) in [6, 6.07) is 30.8. The number of benzene rings is 5. The predicted molar refractivity (Wildman–Crippen MR) is 328 cm³/mol. The van der Waals surface area contributed by atoms with Crippen LogP contribution in [0.25, 0.3) is 11.2 Å². The summed E-state index contributed by atoms with van der Waals surface area (Å²) < 4.78 is 0. The SMILES string of the molecule is CC1(C)CCC(C)(C)c2cc(N3C4=C(B5C6=C(N(c7ccc8c(c7)C(C)(C)CCC8(C)C)c7cc(Cl)cc3c75)C(C)(C)c3cc5c(cc36)C(C)(C)CCC5(C)C)C(C)(C)c3cc5c(cc34)C(C)(C)CCC5(C)C)ccc21. The molecule has 0 atom stereocenters. The van der Waals surface area contributed by atoms with Crippen molar-refractivity contribution < 1.29 is 0 Å². The van der Waals surface area contributed by atoms with Crippen LogP contribution in [0.15, 0.2) is 84.0 Å². The van der Waals surface area contributed by atoms with Crippen LogP contribution in [0.3, 0.4) is 0 Å². The maximum atomic E-state index is 7.86. The minimum atomic E-state index is -0.334. The van der Waals surface area contributed by atoms with Gasteiger partial charge in [0.05, 0.1) is 0 Å². The van der Waals surface area contributed by atoms with Crippen LogP contribution in [0, 0.1) is 0 Å².